The molecule has 0 aliphatic rings. The van der Waals surface area contributed by atoms with Crippen molar-refractivity contribution < 1.29 is 14.3 Å². The second-order valence-electron chi connectivity index (χ2n) is 7.27. The van der Waals surface area contributed by atoms with Crippen molar-refractivity contribution in [2.75, 3.05) is 6.61 Å². The number of nitrogens with zero attached hydrogens (tertiary/aromatic N) is 1. The maximum Gasteiger partial charge on any atom is 0.359 e. The van der Waals surface area contributed by atoms with Gasteiger partial charge in [-0.15, -0.1) is 0 Å². The Balaban J connectivity index is 1.74. The molecule has 1 N–H and O–H groups in total. The van der Waals surface area contributed by atoms with Crippen LogP contribution in [0, 0.1) is 0 Å². The number of aromatic amines is 1. The van der Waals surface area contributed by atoms with E-state index in [0.29, 0.717) is 16.3 Å². The van der Waals surface area contributed by atoms with Crippen LogP contribution in [-0.2, 0) is 10.2 Å². The van der Waals surface area contributed by atoms with Crippen molar-refractivity contribution in [3.05, 3.63) is 75.7 Å². The maximum absolute atomic E-state index is 12.3. The molecule has 1 heterocycles. The molecule has 0 unspecified atom stereocenters. The minimum absolute atomic E-state index is 0.00893. The first-order valence-electron chi connectivity index (χ1n) is 8.55. The first kappa shape index (κ1) is 18.5. The SMILES string of the molecule is CC(C)(C)c1ccc(C(=O)COC(=O)c2n[nH]c(=O)c3ccccc23)cc1. The molecule has 0 saturated carbocycles. The summed E-state index contributed by atoms with van der Waals surface area (Å²) in [7, 11) is 0. The lowest BCUT2D eigenvalue weighted by Crippen LogP contribution is -2.19. The second kappa shape index (κ2) is 7.15. The minimum Gasteiger partial charge on any atom is -0.452 e. The zero-order valence-corrected chi connectivity index (χ0v) is 15.4. The van der Waals surface area contributed by atoms with Crippen LogP contribution in [0.4, 0.5) is 0 Å². The number of ketones is 1. The van der Waals surface area contributed by atoms with Crippen LogP contribution in [0.3, 0.4) is 0 Å². The fraction of sp³-hybridized carbons (Fsp3) is 0.238. The van der Waals surface area contributed by atoms with Crippen molar-refractivity contribution >= 4 is 22.5 Å². The number of aromatic nitrogens is 2. The average Bonchev–Trinajstić information content (AvgIpc) is 2.66. The van der Waals surface area contributed by atoms with Crippen molar-refractivity contribution in [2.45, 2.75) is 26.2 Å². The van der Waals surface area contributed by atoms with Crippen molar-refractivity contribution in [2.24, 2.45) is 0 Å². The van der Waals surface area contributed by atoms with Crippen molar-refractivity contribution in [1.29, 1.82) is 0 Å². The summed E-state index contributed by atoms with van der Waals surface area (Å²) in [6.07, 6.45) is 0. The highest BCUT2D eigenvalue weighted by Crippen LogP contribution is 2.22. The molecule has 138 valence electrons. The summed E-state index contributed by atoms with van der Waals surface area (Å²) in [6, 6.07) is 13.8. The Bertz CT molecular complexity index is 1060. The van der Waals surface area contributed by atoms with Crippen LogP contribution in [-0.4, -0.2) is 28.6 Å². The van der Waals surface area contributed by atoms with E-state index in [4.69, 9.17) is 4.74 Å². The zero-order valence-electron chi connectivity index (χ0n) is 15.4. The first-order chi connectivity index (χ1) is 12.8. The molecule has 3 rings (SSSR count). The Morgan fingerprint density at radius 1 is 1.00 bits per heavy atom. The van der Waals surface area contributed by atoms with Gasteiger partial charge in [-0.1, -0.05) is 63.2 Å². The third kappa shape index (κ3) is 3.95. The van der Waals surface area contributed by atoms with Crippen LogP contribution < -0.4 is 5.56 Å². The van der Waals surface area contributed by atoms with E-state index in [1.807, 2.05) is 12.1 Å². The lowest BCUT2D eigenvalue weighted by Gasteiger charge is -2.18. The molecule has 0 saturated heterocycles. The number of hydrogen-bond donors (Lipinski definition) is 1. The molecule has 6 heteroatoms. The van der Waals surface area contributed by atoms with Gasteiger partial charge in [0.2, 0.25) is 0 Å². The first-order valence-corrected chi connectivity index (χ1v) is 8.55. The number of benzene rings is 2. The van der Waals surface area contributed by atoms with Gasteiger partial charge in [-0.3, -0.25) is 9.59 Å². The molecule has 0 bridgehead atoms. The predicted molar refractivity (Wildman–Crippen MR) is 102 cm³/mol. The largest absolute Gasteiger partial charge is 0.452 e. The molecule has 2 aromatic carbocycles. The molecule has 0 aliphatic heterocycles. The normalized spacial score (nSPS) is 11.4. The monoisotopic (exact) mass is 364 g/mol. The summed E-state index contributed by atoms with van der Waals surface area (Å²) < 4.78 is 5.12. The van der Waals surface area contributed by atoms with Gasteiger partial charge in [0, 0.05) is 10.9 Å². The average molecular weight is 364 g/mol. The molecule has 0 amide bonds. The fourth-order valence-corrected chi connectivity index (χ4v) is 2.71. The number of H-pyrrole nitrogens is 1. The highest BCUT2D eigenvalue weighted by molar-refractivity contribution is 6.04. The molecular formula is C21H20N2O4. The Hall–Kier alpha value is -3.28. The number of hydrogen-bond acceptors (Lipinski definition) is 5. The summed E-state index contributed by atoms with van der Waals surface area (Å²) in [5, 5.41) is 6.76. The second-order valence-corrected chi connectivity index (χ2v) is 7.27. The Morgan fingerprint density at radius 3 is 2.26 bits per heavy atom. The van der Waals surface area contributed by atoms with Crippen LogP contribution >= 0.6 is 0 Å². The molecule has 0 aliphatic carbocycles. The van der Waals surface area contributed by atoms with Crippen molar-refractivity contribution in [1.82, 2.24) is 10.2 Å². The maximum atomic E-state index is 12.3. The van der Waals surface area contributed by atoms with E-state index >= 15 is 0 Å². The standard InChI is InChI=1S/C21H20N2O4/c1-21(2,3)14-10-8-13(9-11-14)17(24)12-27-20(26)18-15-6-4-5-7-16(15)19(25)23-22-18/h4-11H,12H2,1-3H3,(H,23,25). The van der Waals surface area contributed by atoms with Crippen LogP contribution in [0.25, 0.3) is 10.8 Å². The Morgan fingerprint density at radius 2 is 1.63 bits per heavy atom. The third-order valence-electron chi connectivity index (χ3n) is 4.30. The molecule has 27 heavy (non-hydrogen) atoms. The number of ether oxygens (including phenoxy) is 1. The van der Waals surface area contributed by atoms with Gasteiger partial charge < -0.3 is 4.74 Å². The Labute approximate surface area is 156 Å². The highest BCUT2D eigenvalue weighted by atomic mass is 16.5. The molecule has 0 fully saturated rings. The van der Waals surface area contributed by atoms with E-state index < -0.39 is 18.1 Å². The number of Topliss-reactive ketones (excluding diaryl/α,β-unsaturated/α-hetero) is 1. The third-order valence-corrected chi connectivity index (χ3v) is 4.30. The van der Waals surface area contributed by atoms with Gasteiger partial charge in [-0.05, 0) is 17.0 Å². The van der Waals surface area contributed by atoms with E-state index in [0.717, 1.165) is 5.56 Å². The highest BCUT2D eigenvalue weighted by Gasteiger charge is 2.18. The lowest BCUT2D eigenvalue weighted by molar-refractivity contribution is 0.0470. The number of nitrogens with one attached hydrogen (secondary N) is 1. The Kier molecular flexibility index (Phi) is 4.90. The van der Waals surface area contributed by atoms with E-state index in [1.165, 1.54) is 0 Å². The van der Waals surface area contributed by atoms with Gasteiger partial charge in [-0.2, -0.15) is 5.10 Å². The van der Waals surface area contributed by atoms with Gasteiger partial charge in [0.1, 0.15) is 0 Å². The number of carbonyl (C=O) groups excluding carboxylic acids is 2. The molecule has 3 aromatic rings. The lowest BCUT2D eigenvalue weighted by atomic mass is 9.86. The summed E-state index contributed by atoms with van der Waals surface area (Å²) >= 11 is 0. The number of esters is 1. The van der Waals surface area contributed by atoms with Crippen molar-refractivity contribution in [3.8, 4) is 0 Å². The summed E-state index contributed by atoms with van der Waals surface area (Å²) in [5.74, 6) is -1.07. The molecule has 1 aromatic heterocycles. The van der Waals surface area contributed by atoms with E-state index in [1.54, 1.807) is 36.4 Å². The van der Waals surface area contributed by atoms with Gasteiger partial charge in [-0.25, -0.2) is 9.89 Å². The van der Waals surface area contributed by atoms with Gasteiger partial charge >= 0.3 is 5.97 Å². The summed E-state index contributed by atoms with van der Waals surface area (Å²) in [5.41, 5.74) is 1.15. The molecule has 6 nitrogen and oxygen atoms in total. The topological polar surface area (TPSA) is 89.1 Å². The van der Waals surface area contributed by atoms with Crippen LogP contribution in [0.15, 0.2) is 53.3 Å². The quantitative estimate of drug-likeness (QED) is 0.567. The minimum atomic E-state index is -0.762. The van der Waals surface area contributed by atoms with Crippen LogP contribution in [0.1, 0.15) is 47.2 Å². The molecule has 0 atom stereocenters. The summed E-state index contributed by atoms with van der Waals surface area (Å²) in [6.45, 7) is 5.87. The van der Waals surface area contributed by atoms with Gasteiger partial charge in [0.25, 0.3) is 5.56 Å². The molecular weight excluding hydrogens is 344 g/mol. The fourth-order valence-electron chi connectivity index (χ4n) is 2.71. The van der Waals surface area contributed by atoms with E-state index in [2.05, 4.69) is 31.0 Å². The molecule has 0 radical (unpaired) electrons. The van der Waals surface area contributed by atoms with Crippen LogP contribution in [0.5, 0.6) is 0 Å². The number of carbonyl (C=O) groups is 2. The summed E-state index contributed by atoms with van der Waals surface area (Å²) in [4.78, 5) is 36.4. The molecule has 0 spiro atoms. The number of fused-ring (bicyclic) bond motifs is 1. The smallest absolute Gasteiger partial charge is 0.359 e. The number of rotatable bonds is 4. The van der Waals surface area contributed by atoms with Gasteiger partial charge in [0.15, 0.2) is 18.1 Å². The van der Waals surface area contributed by atoms with E-state index in [-0.39, 0.29) is 16.9 Å². The predicted octanol–water partition coefficient (Wildman–Crippen LogP) is 3.26. The van der Waals surface area contributed by atoms with Crippen molar-refractivity contribution in [3.63, 3.8) is 0 Å². The van der Waals surface area contributed by atoms with Crippen LogP contribution in [0.2, 0.25) is 0 Å². The van der Waals surface area contributed by atoms with Gasteiger partial charge in [0.05, 0.1) is 5.39 Å². The zero-order chi connectivity index (χ0) is 19.6. The van der Waals surface area contributed by atoms with E-state index in [9.17, 15) is 14.4 Å².